The van der Waals surface area contributed by atoms with E-state index in [2.05, 4.69) is 0 Å². The zero-order chi connectivity index (χ0) is 10.6. The molecule has 5 saturated carbocycles. The molecule has 0 spiro atoms. The monoisotopic (exact) mass is 276 g/mol. The summed E-state index contributed by atoms with van der Waals surface area (Å²) in [5, 5.41) is 0. The lowest BCUT2D eigenvalue weighted by molar-refractivity contribution is -0.0275. The third-order valence-corrected chi connectivity index (χ3v) is 8.03. The van der Waals surface area contributed by atoms with Crippen molar-refractivity contribution in [1.82, 2.24) is 0 Å². The highest BCUT2D eigenvalue weighted by molar-refractivity contribution is 6.68. The van der Waals surface area contributed by atoms with Crippen LogP contribution < -0.4 is 0 Å². The van der Waals surface area contributed by atoms with Gasteiger partial charge < -0.3 is 4.74 Å². The van der Waals surface area contributed by atoms with E-state index >= 15 is 0 Å². The fourth-order valence-corrected chi connectivity index (χ4v) is 8.35. The average Bonchev–Trinajstić information content (AvgIpc) is 2.68. The molecule has 0 amide bonds. The predicted molar refractivity (Wildman–Crippen MR) is 60.4 cm³/mol. The summed E-state index contributed by atoms with van der Waals surface area (Å²) >= 11 is 18.9. The van der Waals surface area contributed by atoms with Crippen LogP contribution in [0.5, 0.6) is 0 Å². The summed E-state index contributed by atoms with van der Waals surface area (Å²) in [6.07, 6.45) is 1.88. The molecular weight excluding hydrogens is 266 g/mol. The minimum atomic E-state index is -1.21. The van der Waals surface area contributed by atoms with Crippen molar-refractivity contribution in [3.8, 4) is 0 Å². The smallest absolute Gasteiger partial charge is 0.219 e. The first-order valence-electron chi connectivity index (χ1n) is 6.32. The highest BCUT2D eigenvalue weighted by Crippen LogP contribution is 2.92. The van der Waals surface area contributed by atoms with Crippen molar-refractivity contribution in [2.45, 2.75) is 21.9 Å². The molecule has 16 heavy (non-hydrogen) atoms. The van der Waals surface area contributed by atoms with E-state index in [9.17, 15) is 0 Å². The Morgan fingerprint density at radius 3 is 2.50 bits per heavy atom. The second-order valence-electron chi connectivity index (χ2n) is 6.80. The molecule has 0 radical (unpaired) electrons. The summed E-state index contributed by atoms with van der Waals surface area (Å²) in [7, 11) is 0. The fraction of sp³-hybridized carbons (Fsp3) is 1.00. The van der Waals surface area contributed by atoms with Gasteiger partial charge in [-0.25, -0.2) is 0 Å². The van der Waals surface area contributed by atoms with Crippen LogP contribution in [0.25, 0.3) is 0 Å². The van der Waals surface area contributed by atoms with Crippen LogP contribution in [0, 0.1) is 47.3 Å². The Hall–Kier alpha value is 0.830. The lowest BCUT2D eigenvalue weighted by Gasteiger charge is -2.47. The zero-order valence-corrected chi connectivity index (χ0v) is 10.7. The number of alkyl halides is 3. The highest BCUT2D eigenvalue weighted by Gasteiger charge is 2.95. The number of hydrogen-bond donors (Lipinski definition) is 0. The standard InChI is InChI=1S/C12H11Cl3O/c13-12(14,15)11-8-3-1-2-4-5(3)9(11)7(4)10(16-11)6(2)8/h2-10H,1H2/t2-,3+,4+,5-,6+,7-,8+,9+,10+,11+/m0/s1. The van der Waals surface area contributed by atoms with Crippen molar-refractivity contribution in [2.24, 2.45) is 47.3 Å². The molecule has 7 aliphatic rings. The molecule has 0 aromatic carbocycles. The Kier molecular flexibility index (Phi) is 1.10. The molecule has 0 unspecified atom stereocenters. The fourth-order valence-electron chi connectivity index (χ4n) is 7.46. The van der Waals surface area contributed by atoms with Gasteiger partial charge >= 0.3 is 0 Å². The molecule has 10 atom stereocenters. The molecule has 7 rings (SSSR count). The van der Waals surface area contributed by atoms with E-state index in [1.54, 1.807) is 0 Å². The Morgan fingerprint density at radius 2 is 1.75 bits per heavy atom. The molecule has 0 aromatic rings. The minimum absolute atomic E-state index is 0.380. The molecule has 4 heteroatoms. The second kappa shape index (κ2) is 1.99. The van der Waals surface area contributed by atoms with Crippen LogP contribution in [0.2, 0.25) is 0 Å². The van der Waals surface area contributed by atoms with Gasteiger partial charge in [-0.3, -0.25) is 0 Å². The van der Waals surface area contributed by atoms with E-state index in [-0.39, 0.29) is 5.60 Å². The van der Waals surface area contributed by atoms with E-state index in [0.717, 1.165) is 35.5 Å². The molecular formula is C12H11Cl3O. The van der Waals surface area contributed by atoms with Gasteiger partial charge in [0.05, 0.1) is 6.10 Å². The first-order chi connectivity index (χ1) is 7.57. The third kappa shape index (κ3) is 0.507. The van der Waals surface area contributed by atoms with Crippen LogP contribution in [0.15, 0.2) is 0 Å². The van der Waals surface area contributed by atoms with Gasteiger partial charge in [-0.05, 0) is 41.9 Å². The molecule has 2 aliphatic heterocycles. The van der Waals surface area contributed by atoms with E-state index in [1.165, 1.54) is 6.42 Å². The normalized spacial score (nSPS) is 79.3. The number of hydrogen-bond acceptors (Lipinski definition) is 1. The van der Waals surface area contributed by atoms with E-state index in [0.29, 0.717) is 17.9 Å². The number of rotatable bonds is 0. The molecule has 7 fully saturated rings. The SMILES string of the molecule is ClC(Cl)(Cl)[C@]12O[C@H]3[C@H]4[C@@H]5[C@@H]6C[C@H]([C@@H]5[C@H]41)[C@@H]2[C@@H]63. The Bertz CT molecular complexity index is 436. The predicted octanol–water partition coefficient (Wildman–Crippen LogP) is 2.88. The molecule has 0 aromatic heterocycles. The van der Waals surface area contributed by atoms with Crippen LogP contribution in [0.1, 0.15) is 6.42 Å². The first-order valence-corrected chi connectivity index (χ1v) is 7.45. The summed E-state index contributed by atoms with van der Waals surface area (Å²) < 4.78 is 5.12. The number of halogens is 3. The largest absolute Gasteiger partial charge is 0.366 e. The van der Waals surface area contributed by atoms with E-state index in [4.69, 9.17) is 39.5 Å². The van der Waals surface area contributed by atoms with Crippen molar-refractivity contribution >= 4 is 34.8 Å². The van der Waals surface area contributed by atoms with Gasteiger partial charge in [0.2, 0.25) is 3.79 Å². The van der Waals surface area contributed by atoms with Crippen molar-refractivity contribution in [3.63, 3.8) is 0 Å². The maximum absolute atomic E-state index is 6.32. The molecule has 2 heterocycles. The Balaban J connectivity index is 1.71. The first kappa shape index (κ1) is 8.85. The summed E-state index contributed by atoms with van der Waals surface area (Å²) in [5.74, 6) is 6.28. The average molecular weight is 278 g/mol. The Morgan fingerprint density at radius 1 is 0.938 bits per heavy atom. The van der Waals surface area contributed by atoms with Gasteiger partial charge in [-0.1, -0.05) is 34.8 Å². The van der Waals surface area contributed by atoms with Gasteiger partial charge in [-0.2, -0.15) is 0 Å². The quantitative estimate of drug-likeness (QED) is 0.619. The second-order valence-corrected chi connectivity index (χ2v) is 9.08. The molecule has 4 bridgehead atoms. The molecule has 1 nitrogen and oxygen atoms in total. The lowest BCUT2D eigenvalue weighted by atomic mass is 9.57. The van der Waals surface area contributed by atoms with Crippen molar-refractivity contribution < 1.29 is 4.74 Å². The maximum atomic E-state index is 6.32. The zero-order valence-electron chi connectivity index (χ0n) is 8.45. The number of ether oxygens (including phenoxy) is 1. The van der Waals surface area contributed by atoms with Gasteiger partial charge in [0.1, 0.15) is 5.60 Å². The summed E-state index contributed by atoms with van der Waals surface area (Å²) in [6, 6.07) is 0. The molecule has 86 valence electrons. The molecule has 5 aliphatic carbocycles. The highest BCUT2D eigenvalue weighted by atomic mass is 35.6. The summed E-state index contributed by atoms with van der Waals surface area (Å²) in [4.78, 5) is 0. The van der Waals surface area contributed by atoms with Crippen molar-refractivity contribution in [1.29, 1.82) is 0 Å². The van der Waals surface area contributed by atoms with Gasteiger partial charge in [0.15, 0.2) is 0 Å². The molecule has 2 saturated heterocycles. The van der Waals surface area contributed by atoms with Gasteiger partial charge in [-0.15, -0.1) is 0 Å². The summed E-state index contributed by atoms with van der Waals surface area (Å²) in [5.41, 5.74) is -0.380. The van der Waals surface area contributed by atoms with Crippen LogP contribution >= 0.6 is 34.8 Å². The molecule has 0 N–H and O–H groups in total. The van der Waals surface area contributed by atoms with Gasteiger partial charge in [0.25, 0.3) is 0 Å². The van der Waals surface area contributed by atoms with Crippen molar-refractivity contribution in [3.05, 3.63) is 0 Å². The third-order valence-electron chi connectivity index (χ3n) is 7.14. The van der Waals surface area contributed by atoms with Crippen LogP contribution in [0.3, 0.4) is 0 Å². The van der Waals surface area contributed by atoms with E-state index in [1.807, 2.05) is 0 Å². The summed E-state index contributed by atoms with van der Waals surface area (Å²) in [6.45, 7) is 0. The van der Waals surface area contributed by atoms with Gasteiger partial charge in [0, 0.05) is 11.8 Å². The Labute approximate surface area is 109 Å². The van der Waals surface area contributed by atoms with E-state index < -0.39 is 3.79 Å². The topological polar surface area (TPSA) is 9.23 Å². The lowest BCUT2D eigenvalue weighted by Crippen LogP contribution is -2.54. The van der Waals surface area contributed by atoms with Crippen LogP contribution in [-0.4, -0.2) is 15.5 Å². The maximum Gasteiger partial charge on any atom is 0.219 e. The van der Waals surface area contributed by atoms with Crippen LogP contribution in [0.4, 0.5) is 0 Å². The van der Waals surface area contributed by atoms with Crippen LogP contribution in [-0.2, 0) is 4.74 Å². The van der Waals surface area contributed by atoms with Crippen molar-refractivity contribution in [2.75, 3.05) is 0 Å². The minimum Gasteiger partial charge on any atom is -0.366 e.